The molecule has 1 aromatic carbocycles. The van der Waals surface area contributed by atoms with Crippen molar-refractivity contribution in [3.05, 3.63) is 24.3 Å². The number of aromatic nitrogens is 1. The monoisotopic (exact) mass is 284 g/mol. The standard InChI is InChI=1S/C15H16N4O2/c1-2-3-4-5-10-13(20)18-14(16)19-15-17-11-8-6-7-9-12(11)21-15/h1,6-9H,3-5,10H2,(H3,16,17,18,19,20). The van der Waals surface area contributed by atoms with Gasteiger partial charge in [-0.1, -0.05) is 12.1 Å². The number of nitrogens with one attached hydrogen (secondary N) is 1. The summed E-state index contributed by atoms with van der Waals surface area (Å²) in [5.74, 6) is 2.28. The number of carbonyl (C=O) groups excluding carboxylic acids is 1. The Morgan fingerprint density at radius 2 is 2.24 bits per heavy atom. The van der Waals surface area contributed by atoms with Gasteiger partial charge in [-0.25, -0.2) is 0 Å². The fourth-order valence-corrected chi connectivity index (χ4v) is 1.76. The number of oxazole rings is 1. The van der Waals surface area contributed by atoms with Gasteiger partial charge >= 0.3 is 6.01 Å². The van der Waals surface area contributed by atoms with E-state index in [9.17, 15) is 4.79 Å². The topological polar surface area (TPSA) is 93.5 Å². The number of terminal acetylenes is 1. The maximum atomic E-state index is 11.6. The van der Waals surface area contributed by atoms with E-state index in [0.29, 0.717) is 30.4 Å². The highest BCUT2D eigenvalue weighted by molar-refractivity contribution is 5.96. The molecule has 3 N–H and O–H groups in total. The van der Waals surface area contributed by atoms with Crippen LogP contribution in [0.2, 0.25) is 0 Å². The Morgan fingerprint density at radius 3 is 3.00 bits per heavy atom. The van der Waals surface area contributed by atoms with Crippen LogP contribution in [0.3, 0.4) is 0 Å². The average molecular weight is 284 g/mol. The fourth-order valence-electron chi connectivity index (χ4n) is 1.76. The molecular weight excluding hydrogens is 268 g/mol. The number of benzene rings is 1. The highest BCUT2D eigenvalue weighted by Gasteiger charge is 2.06. The van der Waals surface area contributed by atoms with Gasteiger partial charge in [0.25, 0.3) is 0 Å². The number of para-hydroxylation sites is 2. The first-order valence-corrected chi connectivity index (χ1v) is 6.62. The van der Waals surface area contributed by atoms with Gasteiger partial charge in [0.2, 0.25) is 11.9 Å². The molecule has 1 heterocycles. The van der Waals surface area contributed by atoms with Gasteiger partial charge in [0.1, 0.15) is 5.52 Å². The molecule has 6 heteroatoms. The van der Waals surface area contributed by atoms with Crippen molar-refractivity contribution in [2.24, 2.45) is 10.7 Å². The van der Waals surface area contributed by atoms with E-state index >= 15 is 0 Å². The maximum absolute atomic E-state index is 11.6. The Balaban J connectivity index is 1.91. The Morgan fingerprint density at radius 1 is 1.43 bits per heavy atom. The lowest BCUT2D eigenvalue weighted by Crippen LogP contribution is -2.36. The normalized spacial score (nSPS) is 11.3. The van der Waals surface area contributed by atoms with Crippen molar-refractivity contribution in [1.29, 1.82) is 0 Å². The van der Waals surface area contributed by atoms with Crippen molar-refractivity contribution in [3.63, 3.8) is 0 Å². The van der Waals surface area contributed by atoms with Gasteiger partial charge in [-0.2, -0.15) is 9.98 Å². The van der Waals surface area contributed by atoms with Crippen molar-refractivity contribution in [3.8, 4) is 12.3 Å². The molecule has 0 bridgehead atoms. The lowest BCUT2D eigenvalue weighted by molar-refractivity contribution is -0.119. The molecule has 1 aromatic heterocycles. The zero-order valence-electron chi connectivity index (χ0n) is 11.5. The van der Waals surface area contributed by atoms with Crippen molar-refractivity contribution in [1.82, 2.24) is 10.3 Å². The molecule has 108 valence electrons. The Kier molecular flexibility index (Phi) is 4.94. The predicted molar refractivity (Wildman–Crippen MR) is 80.7 cm³/mol. The predicted octanol–water partition coefficient (Wildman–Crippen LogP) is 2.08. The number of fused-ring (bicyclic) bond motifs is 1. The minimum absolute atomic E-state index is 0.0384. The first-order chi connectivity index (χ1) is 10.2. The van der Waals surface area contributed by atoms with Crippen LogP contribution in [-0.2, 0) is 4.79 Å². The van der Waals surface area contributed by atoms with Gasteiger partial charge in [0.05, 0.1) is 0 Å². The molecule has 0 radical (unpaired) electrons. The fraction of sp³-hybridized carbons (Fsp3) is 0.267. The van der Waals surface area contributed by atoms with E-state index in [0.717, 1.165) is 6.42 Å². The second-order valence-electron chi connectivity index (χ2n) is 4.42. The van der Waals surface area contributed by atoms with E-state index in [1.165, 1.54) is 0 Å². The third kappa shape index (κ3) is 4.35. The minimum atomic E-state index is -0.204. The van der Waals surface area contributed by atoms with Crippen LogP contribution in [0.5, 0.6) is 0 Å². The van der Waals surface area contributed by atoms with Gasteiger partial charge in [-0.15, -0.1) is 12.3 Å². The van der Waals surface area contributed by atoms with Crippen LogP contribution in [0.4, 0.5) is 6.01 Å². The second-order valence-corrected chi connectivity index (χ2v) is 4.42. The zero-order chi connectivity index (χ0) is 15.1. The molecular formula is C15H16N4O2. The molecule has 0 atom stereocenters. The first-order valence-electron chi connectivity index (χ1n) is 6.62. The number of aliphatic imine (C=N–C) groups is 1. The summed E-state index contributed by atoms with van der Waals surface area (Å²) in [7, 11) is 0. The number of unbranched alkanes of at least 4 members (excludes halogenated alkanes) is 2. The largest absolute Gasteiger partial charge is 0.422 e. The Labute approximate surface area is 122 Å². The van der Waals surface area contributed by atoms with Gasteiger partial charge in [0.15, 0.2) is 5.58 Å². The van der Waals surface area contributed by atoms with Crippen LogP contribution in [0.1, 0.15) is 25.7 Å². The van der Waals surface area contributed by atoms with Gasteiger partial charge in [0, 0.05) is 12.8 Å². The molecule has 0 spiro atoms. The second kappa shape index (κ2) is 7.10. The Hall–Kier alpha value is -2.81. The first kappa shape index (κ1) is 14.6. The summed E-state index contributed by atoms with van der Waals surface area (Å²) in [6, 6.07) is 7.38. The van der Waals surface area contributed by atoms with E-state index in [-0.39, 0.29) is 17.9 Å². The lowest BCUT2D eigenvalue weighted by atomic mass is 10.2. The van der Waals surface area contributed by atoms with Gasteiger partial charge < -0.3 is 10.2 Å². The summed E-state index contributed by atoms with van der Waals surface area (Å²) in [5.41, 5.74) is 6.94. The van der Waals surface area contributed by atoms with Gasteiger partial charge in [-0.3, -0.25) is 10.1 Å². The smallest absolute Gasteiger partial charge is 0.325 e. The van der Waals surface area contributed by atoms with Crippen molar-refractivity contribution >= 4 is 29.0 Å². The van der Waals surface area contributed by atoms with E-state index in [4.69, 9.17) is 16.6 Å². The van der Waals surface area contributed by atoms with E-state index in [1.54, 1.807) is 12.1 Å². The van der Waals surface area contributed by atoms with E-state index in [2.05, 4.69) is 21.2 Å². The molecule has 0 saturated carbocycles. The zero-order valence-corrected chi connectivity index (χ0v) is 11.5. The molecule has 21 heavy (non-hydrogen) atoms. The van der Waals surface area contributed by atoms with Crippen LogP contribution in [0, 0.1) is 12.3 Å². The minimum Gasteiger partial charge on any atom is -0.422 e. The highest BCUT2D eigenvalue weighted by Crippen LogP contribution is 2.19. The summed E-state index contributed by atoms with van der Waals surface area (Å²) >= 11 is 0. The molecule has 0 saturated heterocycles. The molecule has 0 aliphatic carbocycles. The molecule has 0 aliphatic heterocycles. The summed E-state index contributed by atoms with van der Waals surface area (Å²) < 4.78 is 5.38. The van der Waals surface area contributed by atoms with Crippen molar-refractivity contribution in [2.75, 3.05) is 0 Å². The summed E-state index contributed by atoms with van der Waals surface area (Å²) in [6.45, 7) is 0. The summed E-state index contributed by atoms with van der Waals surface area (Å²) in [5, 5.41) is 2.49. The molecule has 1 amide bonds. The number of hydrogen-bond acceptors (Lipinski definition) is 4. The molecule has 0 unspecified atom stereocenters. The van der Waals surface area contributed by atoms with Crippen LogP contribution < -0.4 is 11.1 Å². The number of guanidine groups is 1. The highest BCUT2D eigenvalue weighted by atomic mass is 16.4. The molecule has 2 aromatic rings. The number of carbonyl (C=O) groups is 1. The molecule has 0 aliphatic rings. The van der Waals surface area contributed by atoms with Crippen LogP contribution in [-0.4, -0.2) is 16.9 Å². The maximum Gasteiger partial charge on any atom is 0.325 e. The van der Waals surface area contributed by atoms with Crippen LogP contribution in [0.25, 0.3) is 11.1 Å². The van der Waals surface area contributed by atoms with Crippen molar-refractivity contribution < 1.29 is 9.21 Å². The average Bonchev–Trinajstić information content (AvgIpc) is 2.85. The quantitative estimate of drug-likeness (QED) is 0.380. The number of rotatable bonds is 5. The van der Waals surface area contributed by atoms with Crippen LogP contribution >= 0.6 is 0 Å². The number of hydrogen-bond donors (Lipinski definition) is 2. The van der Waals surface area contributed by atoms with E-state index < -0.39 is 0 Å². The number of nitrogens with two attached hydrogens (primary N) is 1. The Bertz CT molecular complexity index is 664. The molecule has 6 nitrogen and oxygen atoms in total. The third-order valence-electron chi connectivity index (χ3n) is 2.74. The molecule has 0 fully saturated rings. The molecule has 2 rings (SSSR count). The number of amides is 1. The third-order valence-corrected chi connectivity index (χ3v) is 2.74. The number of nitrogens with zero attached hydrogens (tertiary/aromatic N) is 2. The van der Waals surface area contributed by atoms with Crippen LogP contribution in [0.15, 0.2) is 33.7 Å². The lowest BCUT2D eigenvalue weighted by Gasteiger charge is -2.02. The van der Waals surface area contributed by atoms with E-state index in [1.807, 2.05) is 12.1 Å². The van der Waals surface area contributed by atoms with Crippen molar-refractivity contribution in [2.45, 2.75) is 25.7 Å². The van der Waals surface area contributed by atoms with Gasteiger partial charge in [-0.05, 0) is 25.0 Å². The summed E-state index contributed by atoms with van der Waals surface area (Å²) in [6.07, 6.45) is 7.68. The summed E-state index contributed by atoms with van der Waals surface area (Å²) in [4.78, 5) is 19.7. The SMILES string of the molecule is C#CCCCCC(=O)NC(N)=Nc1nc2ccccc2o1.